The summed E-state index contributed by atoms with van der Waals surface area (Å²) in [6.07, 6.45) is 0.590. The Morgan fingerprint density at radius 1 is 1.16 bits per heavy atom. The van der Waals surface area contributed by atoms with Crippen LogP contribution in [0.3, 0.4) is 0 Å². The van der Waals surface area contributed by atoms with Gasteiger partial charge < -0.3 is 14.8 Å². The molecule has 0 spiro atoms. The quantitative estimate of drug-likeness (QED) is 0.784. The number of aryl methyl sites for hydroxylation is 1. The molecule has 0 aliphatic rings. The van der Waals surface area contributed by atoms with Crippen molar-refractivity contribution in [3.63, 3.8) is 0 Å². The summed E-state index contributed by atoms with van der Waals surface area (Å²) in [5.41, 5.74) is 1.48. The highest BCUT2D eigenvalue weighted by Gasteiger charge is 2.12. The Balaban J connectivity index is 1.76. The highest BCUT2D eigenvalue weighted by Crippen LogP contribution is 2.17. The van der Waals surface area contributed by atoms with E-state index in [-0.39, 0.29) is 5.56 Å². The maximum atomic E-state index is 13.4. The number of benzene rings is 2. The summed E-state index contributed by atoms with van der Waals surface area (Å²) < 4.78 is 23.6. The van der Waals surface area contributed by atoms with Crippen molar-refractivity contribution in [1.82, 2.24) is 5.32 Å². The summed E-state index contributed by atoms with van der Waals surface area (Å²) in [7, 11) is 1.59. The van der Waals surface area contributed by atoms with Gasteiger partial charge in [0.15, 0.2) is 6.61 Å². The number of esters is 1. The van der Waals surface area contributed by atoms with E-state index in [4.69, 9.17) is 9.47 Å². The second-order valence-electron chi connectivity index (χ2n) is 5.45. The van der Waals surface area contributed by atoms with Gasteiger partial charge in [-0.05, 0) is 42.7 Å². The molecule has 2 aromatic rings. The number of ether oxygens (including phenoxy) is 2. The van der Waals surface area contributed by atoms with Crippen LogP contribution in [0, 0.1) is 12.7 Å². The van der Waals surface area contributed by atoms with Crippen molar-refractivity contribution in [3.05, 3.63) is 65.0 Å². The summed E-state index contributed by atoms with van der Waals surface area (Å²) in [4.78, 5) is 23.6. The fraction of sp³-hybridized carbons (Fsp3) is 0.263. The molecule has 0 radical (unpaired) electrons. The Morgan fingerprint density at radius 3 is 2.64 bits per heavy atom. The van der Waals surface area contributed by atoms with Crippen LogP contribution in [0.25, 0.3) is 0 Å². The van der Waals surface area contributed by atoms with Crippen molar-refractivity contribution in [2.75, 3.05) is 20.3 Å². The molecule has 0 unspecified atom stereocenters. The first kappa shape index (κ1) is 18.4. The molecule has 2 rings (SSSR count). The molecule has 0 saturated heterocycles. The smallest absolute Gasteiger partial charge is 0.338 e. The number of carbonyl (C=O) groups excluding carboxylic acids is 2. The number of para-hydroxylation sites is 1. The van der Waals surface area contributed by atoms with Crippen LogP contribution in [0.5, 0.6) is 5.75 Å². The van der Waals surface area contributed by atoms with E-state index in [0.29, 0.717) is 18.5 Å². The molecule has 0 saturated carbocycles. The third kappa shape index (κ3) is 5.31. The molecular weight excluding hydrogens is 325 g/mol. The molecule has 0 fully saturated rings. The molecule has 2 aromatic carbocycles. The molecule has 0 atom stereocenters. The summed E-state index contributed by atoms with van der Waals surface area (Å²) in [5, 5.41) is 2.66. The van der Waals surface area contributed by atoms with Crippen LogP contribution in [-0.2, 0) is 16.0 Å². The zero-order valence-corrected chi connectivity index (χ0v) is 14.2. The average Bonchev–Trinajstić information content (AvgIpc) is 2.62. The summed E-state index contributed by atoms with van der Waals surface area (Å²) >= 11 is 0. The van der Waals surface area contributed by atoms with Crippen molar-refractivity contribution >= 4 is 11.9 Å². The third-order valence-electron chi connectivity index (χ3n) is 3.65. The second kappa shape index (κ2) is 8.82. The zero-order valence-electron chi connectivity index (χ0n) is 14.2. The first-order valence-electron chi connectivity index (χ1n) is 7.83. The van der Waals surface area contributed by atoms with Crippen LogP contribution >= 0.6 is 0 Å². The van der Waals surface area contributed by atoms with E-state index in [1.54, 1.807) is 14.0 Å². The van der Waals surface area contributed by atoms with Gasteiger partial charge in [-0.1, -0.05) is 24.3 Å². The van der Waals surface area contributed by atoms with Gasteiger partial charge in [0.05, 0.1) is 12.7 Å². The number of halogens is 1. The van der Waals surface area contributed by atoms with Crippen LogP contribution < -0.4 is 10.1 Å². The third-order valence-corrected chi connectivity index (χ3v) is 3.65. The molecule has 0 aromatic heterocycles. The molecular formula is C19H20FNO4. The fourth-order valence-electron chi connectivity index (χ4n) is 2.23. The van der Waals surface area contributed by atoms with E-state index in [1.807, 2.05) is 24.3 Å². The molecule has 6 heteroatoms. The number of hydrogen-bond donors (Lipinski definition) is 1. The Labute approximate surface area is 145 Å². The first-order valence-corrected chi connectivity index (χ1v) is 7.83. The van der Waals surface area contributed by atoms with E-state index in [1.165, 1.54) is 12.1 Å². The lowest BCUT2D eigenvalue weighted by Gasteiger charge is -2.09. The minimum absolute atomic E-state index is 0.0740. The highest BCUT2D eigenvalue weighted by molar-refractivity contribution is 5.91. The van der Waals surface area contributed by atoms with Gasteiger partial charge in [-0.2, -0.15) is 0 Å². The minimum atomic E-state index is -0.737. The van der Waals surface area contributed by atoms with Gasteiger partial charge in [0.2, 0.25) is 0 Å². The fourth-order valence-corrected chi connectivity index (χ4v) is 2.23. The van der Waals surface area contributed by atoms with Gasteiger partial charge in [-0.15, -0.1) is 0 Å². The lowest BCUT2D eigenvalue weighted by Crippen LogP contribution is -2.30. The molecule has 0 bridgehead atoms. The topological polar surface area (TPSA) is 64.6 Å². The zero-order chi connectivity index (χ0) is 18.2. The number of amides is 1. The largest absolute Gasteiger partial charge is 0.496 e. The number of nitrogens with one attached hydrogen (secondary N) is 1. The van der Waals surface area contributed by atoms with E-state index < -0.39 is 24.3 Å². The van der Waals surface area contributed by atoms with Gasteiger partial charge in [-0.25, -0.2) is 9.18 Å². The van der Waals surface area contributed by atoms with Crippen LogP contribution in [0.1, 0.15) is 21.5 Å². The molecule has 132 valence electrons. The number of rotatable bonds is 7. The maximum Gasteiger partial charge on any atom is 0.338 e. The SMILES string of the molecule is COc1ccccc1CCNC(=O)COC(=O)c1ccc(C)c(F)c1. The van der Waals surface area contributed by atoms with Gasteiger partial charge in [0.1, 0.15) is 11.6 Å². The Kier molecular flexibility index (Phi) is 6.51. The monoisotopic (exact) mass is 345 g/mol. The second-order valence-corrected chi connectivity index (χ2v) is 5.45. The van der Waals surface area contributed by atoms with Crippen molar-refractivity contribution in [2.45, 2.75) is 13.3 Å². The lowest BCUT2D eigenvalue weighted by molar-refractivity contribution is -0.124. The van der Waals surface area contributed by atoms with Crippen molar-refractivity contribution in [3.8, 4) is 5.75 Å². The van der Waals surface area contributed by atoms with Crippen molar-refractivity contribution < 1.29 is 23.5 Å². The van der Waals surface area contributed by atoms with Gasteiger partial charge >= 0.3 is 5.97 Å². The van der Waals surface area contributed by atoms with Crippen molar-refractivity contribution in [1.29, 1.82) is 0 Å². The predicted molar refractivity (Wildman–Crippen MR) is 91.1 cm³/mol. The molecule has 0 aliphatic heterocycles. The lowest BCUT2D eigenvalue weighted by atomic mass is 10.1. The Hall–Kier alpha value is -2.89. The normalized spacial score (nSPS) is 10.2. The number of hydrogen-bond acceptors (Lipinski definition) is 4. The summed E-state index contributed by atoms with van der Waals surface area (Å²) in [6, 6.07) is 11.6. The van der Waals surface area contributed by atoms with Crippen LogP contribution in [0.2, 0.25) is 0 Å². The highest BCUT2D eigenvalue weighted by atomic mass is 19.1. The minimum Gasteiger partial charge on any atom is -0.496 e. The van der Waals surface area contributed by atoms with Gasteiger partial charge in [0.25, 0.3) is 5.91 Å². The number of carbonyl (C=O) groups is 2. The van der Waals surface area contributed by atoms with Crippen LogP contribution in [0.4, 0.5) is 4.39 Å². The van der Waals surface area contributed by atoms with Gasteiger partial charge in [0, 0.05) is 6.54 Å². The first-order chi connectivity index (χ1) is 12.0. The average molecular weight is 345 g/mol. The Bertz CT molecular complexity index is 761. The summed E-state index contributed by atoms with van der Waals surface area (Å²) in [5.74, 6) is -0.894. The molecule has 25 heavy (non-hydrogen) atoms. The van der Waals surface area contributed by atoms with E-state index in [9.17, 15) is 14.0 Å². The predicted octanol–water partition coefficient (Wildman–Crippen LogP) is 2.66. The Morgan fingerprint density at radius 2 is 1.92 bits per heavy atom. The van der Waals surface area contributed by atoms with E-state index >= 15 is 0 Å². The van der Waals surface area contributed by atoms with Crippen LogP contribution in [0.15, 0.2) is 42.5 Å². The molecule has 0 aliphatic carbocycles. The molecule has 1 amide bonds. The van der Waals surface area contributed by atoms with Crippen LogP contribution in [-0.4, -0.2) is 32.1 Å². The van der Waals surface area contributed by atoms with Gasteiger partial charge in [-0.3, -0.25) is 4.79 Å². The number of methoxy groups -OCH3 is 1. The van der Waals surface area contributed by atoms with E-state index in [2.05, 4.69) is 5.32 Å². The molecule has 5 nitrogen and oxygen atoms in total. The van der Waals surface area contributed by atoms with E-state index in [0.717, 1.165) is 17.4 Å². The summed E-state index contributed by atoms with van der Waals surface area (Å²) in [6.45, 7) is 1.57. The molecule has 0 heterocycles. The van der Waals surface area contributed by atoms with Crippen molar-refractivity contribution in [2.24, 2.45) is 0 Å². The standard InChI is InChI=1S/C19H20FNO4/c1-13-7-8-15(11-16(13)20)19(23)25-12-18(22)21-10-9-14-5-3-4-6-17(14)24-2/h3-8,11H,9-10,12H2,1-2H3,(H,21,22). The maximum absolute atomic E-state index is 13.4. The molecule has 1 N–H and O–H groups in total.